The van der Waals surface area contributed by atoms with Crippen LogP contribution in [0, 0.1) is 0 Å². The van der Waals surface area contributed by atoms with Crippen LogP contribution < -0.4 is 4.74 Å². The molecule has 1 spiro atoms. The van der Waals surface area contributed by atoms with E-state index in [1.54, 1.807) is 12.1 Å². The zero-order chi connectivity index (χ0) is 14.2. The molecule has 6 heteroatoms. The van der Waals surface area contributed by atoms with Gasteiger partial charge in [-0.25, -0.2) is 0 Å². The Morgan fingerprint density at radius 3 is 2.60 bits per heavy atom. The van der Waals surface area contributed by atoms with Crippen LogP contribution in [0.1, 0.15) is 18.4 Å². The molecule has 0 unspecified atom stereocenters. The summed E-state index contributed by atoms with van der Waals surface area (Å²) in [5.74, 6) is 0.992. The van der Waals surface area contributed by atoms with Gasteiger partial charge in [0.25, 0.3) is 0 Å². The summed E-state index contributed by atoms with van der Waals surface area (Å²) in [5, 5.41) is 0. The summed E-state index contributed by atoms with van der Waals surface area (Å²) in [7, 11) is -3.58. The standard InChI is InChI=1S/C14H16O5S/c1-20(15,16)19-13-10-14(6-8-17-9-7-14)18-12-5-3-2-4-11(12)13/h2-5,10H,6-9H2,1H3. The molecule has 0 saturated carbocycles. The van der Waals surface area contributed by atoms with Crippen molar-refractivity contribution < 1.29 is 22.1 Å². The number of ether oxygens (including phenoxy) is 2. The Morgan fingerprint density at radius 1 is 1.20 bits per heavy atom. The molecule has 0 aliphatic carbocycles. The van der Waals surface area contributed by atoms with E-state index in [1.807, 2.05) is 18.2 Å². The summed E-state index contributed by atoms with van der Waals surface area (Å²) in [6.07, 6.45) is 4.18. The Bertz CT molecular complexity index is 641. The van der Waals surface area contributed by atoms with Crippen LogP contribution in [0.5, 0.6) is 5.75 Å². The van der Waals surface area contributed by atoms with Crippen LogP contribution in [0.3, 0.4) is 0 Å². The first-order valence-corrected chi connectivity index (χ1v) is 8.28. The van der Waals surface area contributed by atoms with E-state index in [9.17, 15) is 8.42 Å². The molecule has 0 N–H and O–H groups in total. The minimum absolute atomic E-state index is 0.344. The summed E-state index contributed by atoms with van der Waals surface area (Å²) in [5.41, 5.74) is 0.127. The maximum absolute atomic E-state index is 11.5. The third kappa shape index (κ3) is 2.66. The molecule has 20 heavy (non-hydrogen) atoms. The van der Waals surface area contributed by atoms with E-state index in [0.717, 1.165) is 6.26 Å². The largest absolute Gasteiger partial charge is 0.482 e. The highest BCUT2D eigenvalue weighted by Crippen LogP contribution is 2.41. The lowest BCUT2D eigenvalue weighted by molar-refractivity contribution is -0.0190. The predicted molar refractivity (Wildman–Crippen MR) is 73.8 cm³/mol. The molecule has 5 nitrogen and oxygen atoms in total. The van der Waals surface area contributed by atoms with Crippen LogP contribution in [0.4, 0.5) is 0 Å². The Kier molecular flexibility index (Phi) is 3.22. The molecule has 3 rings (SSSR count). The van der Waals surface area contributed by atoms with E-state index in [1.165, 1.54) is 0 Å². The second kappa shape index (κ2) is 4.79. The van der Waals surface area contributed by atoms with Gasteiger partial charge < -0.3 is 13.7 Å². The summed E-state index contributed by atoms with van der Waals surface area (Å²) >= 11 is 0. The molecule has 1 aromatic rings. The van der Waals surface area contributed by atoms with E-state index < -0.39 is 15.7 Å². The van der Waals surface area contributed by atoms with Crippen molar-refractivity contribution in [3.8, 4) is 5.75 Å². The number of benzene rings is 1. The van der Waals surface area contributed by atoms with Gasteiger partial charge in [0.15, 0.2) is 5.76 Å². The monoisotopic (exact) mass is 296 g/mol. The van der Waals surface area contributed by atoms with E-state index >= 15 is 0 Å². The second-order valence-corrected chi connectivity index (χ2v) is 6.65. The van der Waals surface area contributed by atoms with Gasteiger partial charge in [-0.3, -0.25) is 0 Å². The van der Waals surface area contributed by atoms with Crippen LogP contribution in [-0.2, 0) is 19.0 Å². The van der Waals surface area contributed by atoms with Crippen molar-refractivity contribution >= 4 is 15.9 Å². The van der Waals surface area contributed by atoms with Crippen molar-refractivity contribution in [1.29, 1.82) is 0 Å². The Hall–Kier alpha value is -1.53. The molecule has 0 bridgehead atoms. The third-order valence-corrected chi connectivity index (χ3v) is 3.92. The van der Waals surface area contributed by atoms with Crippen LogP contribution in [0.25, 0.3) is 5.76 Å². The molecular formula is C14H16O5S. The molecule has 2 aliphatic rings. The smallest absolute Gasteiger partial charge is 0.306 e. The molecule has 0 atom stereocenters. The molecule has 0 radical (unpaired) electrons. The fraction of sp³-hybridized carbons (Fsp3) is 0.429. The second-order valence-electron chi connectivity index (χ2n) is 5.07. The normalized spacial score (nSPS) is 20.8. The number of fused-ring (bicyclic) bond motifs is 1. The Labute approximate surface area is 118 Å². The van der Waals surface area contributed by atoms with E-state index in [2.05, 4.69) is 0 Å². The van der Waals surface area contributed by atoms with Gasteiger partial charge >= 0.3 is 10.1 Å². The van der Waals surface area contributed by atoms with Gasteiger partial charge in [0.05, 0.1) is 25.0 Å². The summed E-state index contributed by atoms with van der Waals surface area (Å²) < 4.78 is 39.5. The molecule has 2 aliphatic heterocycles. The van der Waals surface area contributed by atoms with Crippen LogP contribution in [0.15, 0.2) is 30.3 Å². The van der Waals surface area contributed by atoms with Gasteiger partial charge in [-0.05, 0) is 12.1 Å². The Balaban J connectivity index is 2.05. The van der Waals surface area contributed by atoms with E-state index in [0.29, 0.717) is 43.1 Å². The average molecular weight is 296 g/mol. The number of rotatable bonds is 2. The predicted octanol–water partition coefficient (Wildman–Crippen LogP) is 1.95. The lowest BCUT2D eigenvalue weighted by Gasteiger charge is -2.38. The molecule has 0 amide bonds. The number of hydrogen-bond acceptors (Lipinski definition) is 5. The molecule has 1 aromatic carbocycles. The topological polar surface area (TPSA) is 61.8 Å². The van der Waals surface area contributed by atoms with Crippen molar-refractivity contribution in [2.45, 2.75) is 18.4 Å². The first-order valence-electron chi connectivity index (χ1n) is 6.46. The summed E-state index contributed by atoms with van der Waals surface area (Å²) in [6, 6.07) is 7.29. The molecular weight excluding hydrogens is 280 g/mol. The van der Waals surface area contributed by atoms with Gasteiger partial charge in [0.2, 0.25) is 0 Å². The molecule has 1 saturated heterocycles. The van der Waals surface area contributed by atoms with E-state index in [4.69, 9.17) is 13.7 Å². The molecule has 2 heterocycles. The fourth-order valence-corrected chi connectivity index (χ4v) is 2.98. The minimum Gasteiger partial charge on any atom is -0.482 e. The van der Waals surface area contributed by atoms with Crippen molar-refractivity contribution in [3.63, 3.8) is 0 Å². The highest BCUT2D eigenvalue weighted by Gasteiger charge is 2.38. The lowest BCUT2D eigenvalue weighted by atomic mass is 9.90. The summed E-state index contributed by atoms with van der Waals surface area (Å²) in [6.45, 7) is 1.18. The van der Waals surface area contributed by atoms with Crippen molar-refractivity contribution in [2.24, 2.45) is 0 Å². The highest BCUT2D eigenvalue weighted by molar-refractivity contribution is 7.86. The van der Waals surface area contributed by atoms with Crippen LogP contribution >= 0.6 is 0 Å². The van der Waals surface area contributed by atoms with Crippen LogP contribution in [0.2, 0.25) is 0 Å². The van der Waals surface area contributed by atoms with Gasteiger partial charge in [-0.15, -0.1) is 0 Å². The zero-order valence-electron chi connectivity index (χ0n) is 11.2. The number of hydrogen-bond donors (Lipinski definition) is 0. The maximum Gasteiger partial charge on any atom is 0.306 e. The lowest BCUT2D eigenvalue weighted by Crippen LogP contribution is -2.42. The summed E-state index contributed by atoms with van der Waals surface area (Å²) in [4.78, 5) is 0. The van der Waals surface area contributed by atoms with Crippen molar-refractivity contribution in [3.05, 3.63) is 35.9 Å². The maximum atomic E-state index is 11.5. The van der Waals surface area contributed by atoms with Gasteiger partial charge in [-0.2, -0.15) is 8.42 Å². The SMILES string of the molecule is CS(=O)(=O)OC1=CC2(CCOCC2)Oc2ccccc21. The van der Waals surface area contributed by atoms with Gasteiger partial charge in [0, 0.05) is 18.9 Å². The first kappa shape index (κ1) is 13.5. The van der Waals surface area contributed by atoms with Crippen molar-refractivity contribution in [2.75, 3.05) is 19.5 Å². The third-order valence-electron chi connectivity index (χ3n) is 3.44. The van der Waals surface area contributed by atoms with Gasteiger partial charge in [0.1, 0.15) is 11.4 Å². The minimum atomic E-state index is -3.58. The number of para-hydroxylation sites is 1. The average Bonchev–Trinajstić information content (AvgIpc) is 2.37. The molecule has 0 aromatic heterocycles. The van der Waals surface area contributed by atoms with Crippen molar-refractivity contribution in [1.82, 2.24) is 0 Å². The highest BCUT2D eigenvalue weighted by atomic mass is 32.2. The van der Waals surface area contributed by atoms with Gasteiger partial charge in [-0.1, -0.05) is 12.1 Å². The molecule has 108 valence electrons. The molecule has 1 fully saturated rings. The Morgan fingerprint density at radius 2 is 1.90 bits per heavy atom. The first-order chi connectivity index (χ1) is 9.48. The van der Waals surface area contributed by atoms with E-state index in [-0.39, 0.29) is 0 Å². The fourth-order valence-electron chi connectivity index (χ4n) is 2.52. The van der Waals surface area contributed by atoms with Crippen LogP contribution in [-0.4, -0.2) is 33.5 Å². The zero-order valence-corrected chi connectivity index (χ0v) is 12.0. The quantitative estimate of drug-likeness (QED) is 0.781.